The number of ether oxygens (including phenoxy) is 3. The van der Waals surface area contributed by atoms with E-state index in [1.165, 1.54) is 0 Å². The van der Waals surface area contributed by atoms with Crippen LogP contribution in [0.4, 0.5) is 4.79 Å². The molecule has 33 heavy (non-hydrogen) atoms. The van der Waals surface area contributed by atoms with Crippen LogP contribution in [0.5, 0.6) is 0 Å². The smallest absolute Gasteiger partial charge is 0.407 e. The maximum Gasteiger partial charge on any atom is 0.407 e. The van der Waals surface area contributed by atoms with E-state index in [-0.39, 0.29) is 24.4 Å². The number of nitrogens with one attached hydrogen (secondary N) is 1. The Morgan fingerprint density at radius 1 is 1.09 bits per heavy atom. The van der Waals surface area contributed by atoms with Crippen molar-refractivity contribution < 1.29 is 28.9 Å². The zero-order chi connectivity index (χ0) is 23.0. The summed E-state index contributed by atoms with van der Waals surface area (Å²) in [7, 11) is 0. The van der Waals surface area contributed by atoms with Gasteiger partial charge in [0.15, 0.2) is 5.79 Å². The SMILES string of the molecule is C[C@H]([C@@H]1CCC2(C1)OCCO2)[C@H](NC(=O)OCC1c2ccccc2-c2ccccc21)C(=O)O. The van der Waals surface area contributed by atoms with Gasteiger partial charge in [-0.15, -0.1) is 0 Å². The summed E-state index contributed by atoms with van der Waals surface area (Å²) >= 11 is 0. The number of fused-ring (bicyclic) bond motifs is 3. The summed E-state index contributed by atoms with van der Waals surface area (Å²) < 4.78 is 17.1. The maximum absolute atomic E-state index is 12.7. The van der Waals surface area contributed by atoms with Crippen molar-refractivity contribution in [2.45, 2.75) is 43.9 Å². The van der Waals surface area contributed by atoms with Crippen LogP contribution in [0.2, 0.25) is 0 Å². The number of carbonyl (C=O) groups excluding carboxylic acids is 1. The molecule has 2 aromatic carbocycles. The summed E-state index contributed by atoms with van der Waals surface area (Å²) in [5.41, 5.74) is 4.52. The fraction of sp³-hybridized carbons (Fsp3) is 0.462. The molecule has 1 spiro atoms. The molecule has 0 bridgehead atoms. The molecule has 0 radical (unpaired) electrons. The van der Waals surface area contributed by atoms with Gasteiger partial charge in [0, 0.05) is 18.8 Å². The van der Waals surface area contributed by atoms with Crippen molar-refractivity contribution >= 4 is 12.1 Å². The molecule has 1 saturated carbocycles. The minimum absolute atomic E-state index is 0.0739. The molecule has 0 aromatic heterocycles. The Balaban J connectivity index is 1.23. The Labute approximate surface area is 193 Å². The van der Waals surface area contributed by atoms with E-state index in [1.807, 2.05) is 43.3 Å². The molecule has 174 valence electrons. The van der Waals surface area contributed by atoms with Crippen LogP contribution in [-0.2, 0) is 19.0 Å². The number of rotatable bonds is 6. The number of benzene rings is 2. The first-order chi connectivity index (χ1) is 16.0. The number of hydrogen-bond acceptors (Lipinski definition) is 5. The predicted octanol–water partition coefficient (Wildman–Crippen LogP) is 4.16. The van der Waals surface area contributed by atoms with E-state index in [4.69, 9.17) is 14.2 Å². The van der Waals surface area contributed by atoms with Gasteiger partial charge in [-0.05, 0) is 40.5 Å². The summed E-state index contributed by atoms with van der Waals surface area (Å²) in [5, 5.41) is 12.4. The number of carboxylic acids is 1. The summed E-state index contributed by atoms with van der Waals surface area (Å²) in [4.78, 5) is 24.7. The lowest BCUT2D eigenvalue weighted by Gasteiger charge is -2.28. The van der Waals surface area contributed by atoms with Gasteiger partial charge in [0.1, 0.15) is 12.6 Å². The largest absolute Gasteiger partial charge is 0.480 e. The molecule has 3 aliphatic rings. The lowest BCUT2D eigenvalue weighted by atomic mass is 9.86. The molecular weight excluding hydrogens is 422 g/mol. The quantitative estimate of drug-likeness (QED) is 0.685. The standard InChI is InChI=1S/C26H29NO6/c1-16(17-10-11-26(14-17)32-12-13-33-26)23(24(28)29)27-25(30)31-15-22-20-8-4-2-6-18(20)19-7-3-5-9-21(19)22/h2-9,16-17,22-23H,10-15H2,1H3,(H,27,30)(H,28,29)/t16-,17-,23+/m1/s1. The van der Waals surface area contributed by atoms with Crippen LogP contribution < -0.4 is 5.32 Å². The van der Waals surface area contributed by atoms with Crippen molar-refractivity contribution in [1.82, 2.24) is 5.32 Å². The van der Waals surface area contributed by atoms with Crippen LogP contribution in [0.15, 0.2) is 48.5 Å². The van der Waals surface area contributed by atoms with E-state index in [1.54, 1.807) is 0 Å². The van der Waals surface area contributed by atoms with E-state index < -0.39 is 23.9 Å². The summed E-state index contributed by atoms with van der Waals surface area (Å²) in [6.07, 6.45) is 1.48. The van der Waals surface area contributed by atoms with Gasteiger partial charge in [0.25, 0.3) is 0 Å². The van der Waals surface area contributed by atoms with Gasteiger partial charge in [-0.3, -0.25) is 0 Å². The van der Waals surface area contributed by atoms with Crippen molar-refractivity contribution in [3.63, 3.8) is 0 Å². The molecule has 2 aromatic rings. The summed E-state index contributed by atoms with van der Waals surface area (Å²) in [5.74, 6) is -1.92. The number of aliphatic carboxylic acids is 1. The van der Waals surface area contributed by atoms with Gasteiger partial charge in [-0.25, -0.2) is 9.59 Å². The van der Waals surface area contributed by atoms with E-state index in [2.05, 4.69) is 17.4 Å². The first kappa shape index (κ1) is 21.9. The zero-order valence-corrected chi connectivity index (χ0v) is 18.7. The molecule has 1 aliphatic heterocycles. The van der Waals surface area contributed by atoms with Crippen LogP contribution in [0, 0.1) is 11.8 Å². The Hall–Kier alpha value is -2.90. The van der Waals surface area contributed by atoms with E-state index in [0.717, 1.165) is 35.1 Å². The third kappa shape index (κ3) is 4.11. The normalized spacial score (nSPS) is 22.5. The molecule has 1 heterocycles. The molecule has 1 saturated heterocycles. The second-order valence-corrected chi connectivity index (χ2v) is 9.26. The number of carboxylic acid groups (broad SMARTS) is 1. The number of amides is 1. The van der Waals surface area contributed by atoms with E-state index in [9.17, 15) is 14.7 Å². The van der Waals surface area contributed by atoms with Crippen molar-refractivity contribution in [2.75, 3.05) is 19.8 Å². The second kappa shape index (κ2) is 8.80. The zero-order valence-electron chi connectivity index (χ0n) is 18.7. The van der Waals surface area contributed by atoms with E-state index in [0.29, 0.717) is 19.6 Å². The van der Waals surface area contributed by atoms with Crippen molar-refractivity contribution in [1.29, 1.82) is 0 Å². The maximum atomic E-state index is 12.7. The van der Waals surface area contributed by atoms with Crippen LogP contribution in [0.25, 0.3) is 11.1 Å². The first-order valence-electron chi connectivity index (χ1n) is 11.6. The van der Waals surface area contributed by atoms with Crippen LogP contribution in [0.3, 0.4) is 0 Å². The lowest BCUT2D eigenvalue weighted by Crippen LogP contribution is -2.47. The highest BCUT2D eigenvalue weighted by Gasteiger charge is 2.47. The average Bonchev–Trinajstić information content (AvgIpc) is 3.54. The Morgan fingerprint density at radius 3 is 2.30 bits per heavy atom. The van der Waals surface area contributed by atoms with Crippen LogP contribution in [0.1, 0.15) is 43.2 Å². The average molecular weight is 452 g/mol. The number of carbonyl (C=O) groups is 2. The van der Waals surface area contributed by atoms with Gasteiger partial charge in [0.05, 0.1) is 13.2 Å². The minimum Gasteiger partial charge on any atom is -0.480 e. The summed E-state index contributed by atoms with van der Waals surface area (Å²) in [6, 6.07) is 15.2. The lowest BCUT2D eigenvalue weighted by molar-refractivity contribution is -0.155. The molecule has 5 rings (SSSR count). The van der Waals surface area contributed by atoms with Gasteiger partial charge < -0.3 is 24.6 Å². The highest BCUT2D eigenvalue weighted by Crippen LogP contribution is 2.45. The van der Waals surface area contributed by atoms with Gasteiger partial charge in [-0.1, -0.05) is 55.5 Å². The summed E-state index contributed by atoms with van der Waals surface area (Å²) in [6.45, 7) is 3.15. The fourth-order valence-electron chi connectivity index (χ4n) is 5.67. The monoisotopic (exact) mass is 451 g/mol. The molecule has 7 nitrogen and oxygen atoms in total. The molecule has 2 aliphatic carbocycles. The van der Waals surface area contributed by atoms with Gasteiger partial charge in [0.2, 0.25) is 0 Å². The minimum atomic E-state index is -1.06. The van der Waals surface area contributed by atoms with Crippen LogP contribution >= 0.6 is 0 Å². The Bertz CT molecular complexity index is 1000. The van der Waals surface area contributed by atoms with E-state index >= 15 is 0 Å². The fourth-order valence-corrected chi connectivity index (χ4v) is 5.67. The molecular formula is C26H29NO6. The molecule has 2 fully saturated rings. The second-order valence-electron chi connectivity index (χ2n) is 9.26. The van der Waals surface area contributed by atoms with Crippen molar-refractivity contribution in [3.05, 3.63) is 59.7 Å². The topological polar surface area (TPSA) is 94.1 Å². The number of hydrogen-bond donors (Lipinski definition) is 2. The van der Waals surface area contributed by atoms with Crippen LogP contribution in [-0.4, -0.2) is 48.8 Å². The Kier molecular flexibility index (Phi) is 5.85. The third-order valence-electron chi connectivity index (χ3n) is 7.44. The molecule has 0 unspecified atom stereocenters. The number of alkyl carbamates (subject to hydrolysis) is 1. The molecule has 3 atom stereocenters. The first-order valence-corrected chi connectivity index (χ1v) is 11.6. The highest BCUT2D eigenvalue weighted by atomic mass is 16.7. The molecule has 7 heteroatoms. The Morgan fingerprint density at radius 2 is 1.70 bits per heavy atom. The molecule has 2 N–H and O–H groups in total. The highest BCUT2D eigenvalue weighted by molar-refractivity contribution is 5.81. The predicted molar refractivity (Wildman–Crippen MR) is 121 cm³/mol. The van der Waals surface area contributed by atoms with Gasteiger partial charge >= 0.3 is 12.1 Å². The van der Waals surface area contributed by atoms with Crippen molar-refractivity contribution in [2.24, 2.45) is 11.8 Å². The van der Waals surface area contributed by atoms with Gasteiger partial charge in [-0.2, -0.15) is 0 Å². The van der Waals surface area contributed by atoms with Crippen molar-refractivity contribution in [3.8, 4) is 11.1 Å². The third-order valence-corrected chi connectivity index (χ3v) is 7.44. The molecule has 1 amide bonds.